The molecule has 1 aliphatic heterocycles. The maximum absolute atomic E-state index is 10.6. The number of primary amides is 1. The molecule has 2 atom stereocenters. The maximum Gasteiger partial charge on any atom is 0.234 e. The molecule has 0 aromatic heterocycles. The minimum atomic E-state index is -0.583. The third kappa shape index (κ3) is 4.31. The Morgan fingerprint density at radius 2 is 2.23 bits per heavy atom. The molecule has 0 saturated heterocycles. The van der Waals surface area contributed by atoms with Crippen LogP contribution in [-0.4, -0.2) is 31.4 Å². The van der Waals surface area contributed by atoms with Crippen LogP contribution in [0.25, 0.3) is 0 Å². The van der Waals surface area contributed by atoms with Crippen LogP contribution >= 0.6 is 24.8 Å². The minimum absolute atomic E-state index is 0. The SMILES string of the molecule is Cl.Cl.NC(=O)C(N)C1CN=CNC1. The number of hydrogen-bond acceptors (Lipinski definition) is 4. The van der Waals surface area contributed by atoms with Gasteiger partial charge in [0.2, 0.25) is 5.91 Å². The number of carbonyl (C=O) groups excluding carboxylic acids is 1. The smallest absolute Gasteiger partial charge is 0.234 e. The van der Waals surface area contributed by atoms with Gasteiger partial charge >= 0.3 is 0 Å². The third-order valence-electron chi connectivity index (χ3n) is 1.74. The molecule has 1 amide bonds. The van der Waals surface area contributed by atoms with Gasteiger partial charge in [-0.15, -0.1) is 24.8 Å². The van der Waals surface area contributed by atoms with Crippen LogP contribution in [0.1, 0.15) is 0 Å². The molecule has 0 aromatic carbocycles. The molecule has 5 nitrogen and oxygen atoms in total. The molecule has 7 heteroatoms. The Balaban J connectivity index is 0. The summed E-state index contributed by atoms with van der Waals surface area (Å²) in [5, 5.41) is 2.89. The van der Waals surface area contributed by atoms with Crippen LogP contribution in [0.5, 0.6) is 0 Å². The average Bonchev–Trinajstić information content (AvgIpc) is 2.05. The number of aliphatic imine (C=N–C) groups is 1. The van der Waals surface area contributed by atoms with Gasteiger partial charge in [0.1, 0.15) is 0 Å². The Bertz CT molecular complexity index is 187. The monoisotopic (exact) mass is 228 g/mol. The highest BCUT2D eigenvalue weighted by Crippen LogP contribution is 2.02. The predicted octanol–water partition coefficient (Wildman–Crippen LogP) is -1.11. The van der Waals surface area contributed by atoms with Crippen molar-refractivity contribution in [2.24, 2.45) is 22.4 Å². The Hall–Kier alpha value is -0.520. The van der Waals surface area contributed by atoms with Gasteiger partial charge in [-0.05, 0) is 0 Å². The Morgan fingerprint density at radius 1 is 1.62 bits per heavy atom. The second-order valence-electron chi connectivity index (χ2n) is 2.59. The van der Waals surface area contributed by atoms with E-state index in [0.717, 1.165) is 0 Å². The number of amides is 1. The fourth-order valence-electron chi connectivity index (χ4n) is 0.994. The highest BCUT2D eigenvalue weighted by atomic mass is 35.5. The van der Waals surface area contributed by atoms with Gasteiger partial charge in [-0.1, -0.05) is 0 Å². The summed E-state index contributed by atoms with van der Waals surface area (Å²) < 4.78 is 0. The summed E-state index contributed by atoms with van der Waals surface area (Å²) in [6.45, 7) is 1.25. The summed E-state index contributed by atoms with van der Waals surface area (Å²) >= 11 is 0. The first-order chi connectivity index (χ1) is 5.22. The molecule has 1 heterocycles. The molecule has 1 rings (SSSR count). The van der Waals surface area contributed by atoms with E-state index in [1.54, 1.807) is 6.34 Å². The zero-order valence-corrected chi connectivity index (χ0v) is 8.61. The lowest BCUT2D eigenvalue weighted by Crippen LogP contribution is -2.48. The molecule has 0 aliphatic carbocycles. The van der Waals surface area contributed by atoms with Gasteiger partial charge in [0.25, 0.3) is 0 Å². The first-order valence-electron chi connectivity index (χ1n) is 3.48. The van der Waals surface area contributed by atoms with Crippen molar-refractivity contribution in [1.29, 1.82) is 0 Å². The number of nitrogens with two attached hydrogens (primary N) is 2. The lowest BCUT2D eigenvalue weighted by Gasteiger charge is -2.22. The fraction of sp³-hybridized carbons (Fsp3) is 0.667. The average molecular weight is 229 g/mol. The van der Waals surface area contributed by atoms with Crippen molar-refractivity contribution in [3.8, 4) is 0 Å². The number of carbonyl (C=O) groups is 1. The Morgan fingerprint density at radius 3 is 2.62 bits per heavy atom. The van der Waals surface area contributed by atoms with Crippen LogP contribution in [0, 0.1) is 5.92 Å². The molecule has 78 valence electrons. The topological polar surface area (TPSA) is 93.5 Å². The highest BCUT2D eigenvalue weighted by Gasteiger charge is 2.22. The number of hydrogen-bond donors (Lipinski definition) is 3. The Kier molecular flexibility index (Phi) is 7.99. The van der Waals surface area contributed by atoms with Gasteiger partial charge < -0.3 is 16.8 Å². The molecule has 13 heavy (non-hydrogen) atoms. The zero-order chi connectivity index (χ0) is 8.27. The van der Waals surface area contributed by atoms with Gasteiger partial charge in [0, 0.05) is 19.0 Å². The van der Waals surface area contributed by atoms with Crippen molar-refractivity contribution in [2.75, 3.05) is 13.1 Å². The summed E-state index contributed by atoms with van der Waals surface area (Å²) in [6, 6.07) is -0.583. The highest BCUT2D eigenvalue weighted by molar-refractivity contribution is 5.85. The van der Waals surface area contributed by atoms with E-state index in [1.165, 1.54) is 0 Å². The third-order valence-corrected chi connectivity index (χ3v) is 1.74. The van der Waals surface area contributed by atoms with Crippen molar-refractivity contribution in [1.82, 2.24) is 5.32 Å². The van der Waals surface area contributed by atoms with Gasteiger partial charge in [-0.25, -0.2) is 0 Å². The Labute approximate surface area is 89.2 Å². The quantitative estimate of drug-likeness (QED) is 0.560. The molecule has 0 fully saturated rings. The van der Waals surface area contributed by atoms with E-state index >= 15 is 0 Å². The molecule has 0 saturated carbocycles. The number of halogens is 2. The fourth-order valence-corrected chi connectivity index (χ4v) is 0.994. The summed E-state index contributed by atoms with van der Waals surface area (Å²) in [5.74, 6) is -0.425. The van der Waals surface area contributed by atoms with Crippen LogP contribution in [0.15, 0.2) is 4.99 Å². The van der Waals surface area contributed by atoms with E-state index in [4.69, 9.17) is 11.5 Å². The number of rotatable bonds is 2. The van der Waals surface area contributed by atoms with E-state index < -0.39 is 11.9 Å². The summed E-state index contributed by atoms with van der Waals surface area (Å²) in [6.07, 6.45) is 1.62. The van der Waals surface area contributed by atoms with Crippen LogP contribution in [0.2, 0.25) is 0 Å². The second-order valence-corrected chi connectivity index (χ2v) is 2.59. The second kappa shape index (κ2) is 6.94. The summed E-state index contributed by atoms with van der Waals surface area (Å²) in [7, 11) is 0. The molecule has 0 spiro atoms. The largest absolute Gasteiger partial charge is 0.376 e. The van der Waals surface area contributed by atoms with Crippen LogP contribution in [0.3, 0.4) is 0 Å². The van der Waals surface area contributed by atoms with Crippen molar-refractivity contribution in [2.45, 2.75) is 6.04 Å². The van der Waals surface area contributed by atoms with Crippen LogP contribution in [-0.2, 0) is 4.79 Å². The van der Waals surface area contributed by atoms with Gasteiger partial charge in [-0.2, -0.15) is 0 Å². The van der Waals surface area contributed by atoms with E-state index in [1.807, 2.05) is 0 Å². The molecule has 2 unspecified atom stereocenters. The predicted molar refractivity (Wildman–Crippen MR) is 56.5 cm³/mol. The normalized spacial score (nSPS) is 21.8. The minimum Gasteiger partial charge on any atom is -0.376 e. The van der Waals surface area contributed by atoms with Crippen molar-refractivity contribution in [3.05, 3.63) is 0 Å². The van der Waals surface area contributed by atoms with Gasteiger partial charge in [0.05, 0.1) is 12.4 Å². The van der Waals surface area contributed by atoms with E-state index in [0.29, 0.717) is 13.1 Å². The summed E-state index contributed by atoms with van der Waals surface area (Å²) in [5.41, 5.74) is 10.5. The first kappa shape index (κ1) is 15.0. The molecule has 1 aliphatic rings. The van der Waals surface area contributed by atoms with E-state index in [-0.39, 0.29) is 30.7 Å². The van der Waals surface area contributed by atoms with E-state index in [9.17, 15) is 4.79 Å². The van der Waals surface area contributed by atoms with Crippen LogP contribution in [0.4, 0.5) is 0 Å². The van der Waals surface area contributed by atoms with Crippen LogP contribution < -0.4 is 16.8 Å². The van der Waals surface area contributed by atoms with Crippen molar-refractivity contribution >= 4 is 37.1 Å². The standard InChI is InChI=1S/C6H12N4O.2ClH/c7-5(6(8)11)4-1-9-3-10-2-4;;/h3-5H,1-2,7H2,(H2,8,11)(H,9,10);2*1H. The lowest BCUT2D eigenvalue weighted by molar-refractivity contribution is -0.120. The van der Waals surface area contributed by atoms with Crippen molar-refractivity contribution < 1.29 is 4.79 Å². The summed E-state index contributed by atoms with van der Waals surface area (Å²) in [4.78, 5) is 14.6. The van der Waals surface area contributed by atoms with E-state index in [2.05, 4.69) is 10.3 Å². The lowest BCUT2D eigenvalue weighted by atomic mass is 9.99. The number of nitrogens with one attached hydrogen (secondary N) is 1. The molecule has 0 bridgehead atoms. The number of nitrogens with zero attached hydrogens (tertiary/aromatic N) is 1. The van der Waals surface area contributed by atoms with Gasteiger partial charge in [-0.3, -0.25) is 9.79 Å². The molecule has 5 N–H and O–H groups in total. The molecular weight excluding hydrogens is 215 g/mol. The maximum atomic E-state index is 10.6. The first-order valence-corrected chi connectivity index (χ1v) is 3.48. The van der Waals surface area contributed by atoms with Crippen molar-refractivity contribution in [3.63, 3.8) is 0 Å². The zero-order valence-electron chi connectivity index (χ0n) is 6.97. The molecule has 0 radical (unpaired) electrons. The molecule has 0 aromatic rings. The van der Waals surface area contributed by atoms with Gasteiger partial charge in [0.15, 0.2) is 0 Å². The molecular formula is C6H14Cl2N4O.